The molecule has 6 aromatic carbocycles. The van der Waals surface area contributed by atoms with Gasteiger partial charge in [0.1, 0.15) is 0 Å². The van der Waals surface area contributed by atoms with E-state index >= 15 is 0 Å². The summed E-state index contributed by atoms with van der Waals surface area (Å²) in [6.45, 7) is 4.00. The summed E-state index contributed by atoms with van der Waals surface area (Å²) >= 11 is 1.85. The van der Waals surface area contributed by atoms with Crippen LogP contribution in [-0.4, -0.2) is 0 Å². The molecule has 0 saturated heterocycles. The van der Waals surface area contributed by atoms with E-state index in [-0.39, 0.29) is 5.41 Å². The van der Waals surface area contributed by atoms with Crippen LogP contribution in [0.3, 0.4) is 0 Å². The number of thiophene rings is 1. The van der Waals surface area contributed by atoms with Crippen molar-refractivity contribution >= 4 is 43.2 Å². The topological polar surface area (TPSA) is 0 Å². The molecular formula is C43H30S. The van der Waals surface area contributed by atoms with Gasteiger partial charge in [0.2, 0.25) is 0 Å². The minimum atomic E-state index is -0.372. The fourth-order valence-electron chi connectivity index (χ4n) is 7.02. The Hall–Kier alpha value is -5.24. The molecule has 0 amide bonds. The molecule has 8 rings (SSSR count). The summed E-state index contributed by atoms with van der Waals surface area (Å²) in [6, 6.07) is 53.3. The third-order valence-corrected chi connectivity index (χ3v) is 10.1. The van der Waals surface area contributed by atoms with Gasteiger partial charge in [-0.2, -0.15) is 0 Å². The molecule has 0 nitrogen and oxygen atoms in total. The Bertz CT molecular complexity index is 2180. The molecular weight excluding hydrogens is 549 g/mol. The quantitative estimate of drug-likeness (QED) is 0.172. The summed E-state index contributed by atoms with van der Waals surface area (Å²) in [4.78, 5) is 0. The molecule has 1 heteroatoms. The molecule has 0 N–H and O–H groups in total. The molecule has 0 fully saturated rings. The summed E-state index contributed by atoms with van der Waals surface area (Å²) in [7, 11) is 0. The van der Waals surface area contributed by atoms with Gasteiger partial charge in [-0.1, -0.05) is 158 Å². The van der Waals surface area contributed by atoms with Crippen LogP contribution >= 0.6 is 11.3 Å². The second kappa shape index (κ2) is 10.8. The van der Waals surface area contributed by atoms with Crippen LogP contribution in [0.15, 0.2) is 170 Å². The average Bonchev–Trinajstić information content (AvgIpc) is 3.61. The fourth-order valence-corrected chi connectivity index (χ4v) is 8.11. The number of hydrogen-bond acceptors (Lipinski definition) is 1. The SMILES string of the molecule is C=C/C=C(\C=C/c1ccc(C2(c3ccccc3)c3ccccc3-c3ccccc32)cc1)c1ccc2sc3ccccc3c2c1. The van der Waals surface area contributed by atoms with Crippen LogP contribution in [0.5, 0.6) is 0 Å². The van der Waals surface area contributed by atoms with Crippen molar-refractivity contribution in [2.75, 3.05) is 0 Å². The molecule has 0 aliphatic heterocycles. The van der Waals surface area contributed by atoms with Crippen molar-refractivity contribution in [2.24, 2.45) is 0 Å². The molecule has 0 radical (unpaired) electrons. The number of rotatable bonds is 6. The normalized spacial score (nSPS) is 13.8. The molecule has 1 aliphatic carbocycles. The lowest BCUT2D eigenvalue weighted by Crippen LogP contribution is -2.28. The van der Waals surface area contributed by atoms with Gasteiger partial charge in [0, 0.05) is 20.2 Å². The molecule has 0 atom stereocenters. The predicted molar refractivity (Wildman–Crippen MR) is 190 cm³/mol. The second-order valence-electron chi connectivity index (χ2n) is 11.3. The molecule has 7 aromatic rings. The molecule has 0 spiro atoms. The van der Waals surface area contributed by atoms with Crippen LogP contribution < -0.4 is 0 Å². The van der Waals surface area contributed by atoms with Gasteiger partial charge in [-0.05, 0) is 68.3 Å². The van der Waals surface area contributed by atoms with Gasteiger partial charge >= 0.3 is 0 Å². The van der Waals surface area contributed by atoms with Crippen molar-refractivity contribution in [3.05, 3.63) is 204 Å². The standard InChI is InChI=1S/C43H30S/c1-2-12-31(32-25-28-42-38(29-32)37-17-8-11-20-41(37)44-42)24-21-30-22-26-34(27-23-30)43(33-13-4-3-5-14-33)39-18-9-6-15-35(39)36-16-7-10-19-40(36)43/h2-29H,1H2/b24-21-,31-12+. The highest BCUT2D eigenvalue weighted by Gasteiger charge is 2.45. The number of allylic oxidation sites excluding steroid dienone is 4. The van der Waals surface area contributed by atoms with E-state index in [4.69, 9.17) is 0 Å². The summed E-state index contributed by atoms with van der Waals surface area (Å²) in [5.41, 5.74) is 11.0. The largest absolute Gasteiger partial charge is 0.135 e. The first-order valence-corrected chi connectivity index (χ1v) is 15.9. The minimum absolute atomic E-state index is 0.372. The van der Waals surface area contributed by atoms with Crippen LogP contribution in [0.4, 0.5) is 0 Å². The third kappa shape index (κ3) is 4.12. The van der Waals surface area contributed by atoms with Gasteiger partial charge < -0.3 is 0 Å². The molecule has 208 valence electrons. The van der Waals surface area contributed by atoms with Crippen LogP contribution in [0.2, 0.25) is 0 Å². The van der Waals surface area contributed by atoms with Crippen molar-refractivity contribution in [2.45, 2.75) is 5.41 Å². The van der Waals surface area contributed by atoms with Gasteiger partial charge in [-0.15, -0.1) is 11.3 Å². The zero-order chi connectivity index (χ0) is 29.5. The highest BCUT2D eigenvalue weighted by atomic mass is 32.1. The zero-order valence-corrected chi connectivity index (χ0v) is 25.1. The Morgan fingerprint density at radius 1 is 0.568 bits per heavy atom. The molecule has 0 saturated carbocycles. The molecule has 44 heavy (non-hydrogen) atoms. The maximum atomic E-state index is 4.00. The average molecular weight is 579 g/mol. The smallest absolute Gasteiger partial charge is 0.0713 e. The monoisotopic (exact) mass is 578 g/mol. The third-order valence-electron chi connectivity index (χ3n) is 8.97. The van der Waals surface area contributed by atoms with Gasteiger partial charge in [0.05, 0.1) is 5.41 Å². The highest BCUT2D eigenvalue weighted by molar-refractivity contribution is 7.25. The van der Waals surface area contributed by atoms with Gasteiger partial charge in [0.15, 0.2) is 0 Å². The number of fused-ring (bicyclic) bond motifs is 6. The summed E-state index contributed by atoms with van der Waals surface area (Å²) in [6.07, 6.45) is 8.38. The van der Waals surface area contributed by atoms with E-state index in [9.17, 15) is 0 Å². The van der Waals surface area contributed by atoms with E-state index in [1.807, 2.05) is 17.4 Å². The van der Waals surface area contributed by atoms with Crippen molar-refractivity contribution in [1.29, 1.82) is 0 Å². The van der Waals surface area contributed by atoms with E-state index in [0.717, 1.165) is 11.1 Å². The molecule has 1 aliphatic rings. The molecule has 1 heterocycles. The fraction of sp³-hybridized carbons (Fsp3) is 0.0233. The molecule has 0 bridgehead atoms. The van der Waals surface area contributed by atoms with Crippen LogP contribution in [0.25, 0.3) is 42.9 Å². The van der Waals surface area contributed by atoms with E-state index < -0.39 is 0 Å². The van der Waals surface area contributed by atoms with E-state index in [2.05, 4.69) is 170 Å². The molecule has 1 aromatic heterocycles. The summed E-state index contributed by atoms with van der Waals surface area (Å²) in [5.74, 6) is 0. The van der Waals surface area contributed by atoms with E-state index in [1.165, 1.54) is 59.1 Å². The zero-order valence-electron chi connectivity index (χ0n) is 24.3. The first-order chi connectivity index (χ1) is 21.8. The Morgan fingerprint density at radius 3 is 1.91 bits per heavy atom. The summed E-state index contributed by atoms with van der Waals surface area (Å²) < 4.78 is 2.64. The molecule has 0 unspecified atom stereocenters. The lowest BCUT2D eigenvalue weighted by molar-refractivity contribution is 0.768. The second-order valence-corrected chi connectivity index (χ2v) is 12.4. The van der Waals surface area contributed by atoms with Crippen LogP contribution in [-0.2, 0) is 5.41 Å². The number of hydrogen-bond donors (Lipinski definition) is 0. The van der Waals surface area contributed by atoms with Gasteiger partial charge in [-0.3, -0.25) is 0 Å². The van der Waals surface area contributed by atoms with Crippen molar-refractivity contribution < 1.29 is 0 Å². The Labute approximate surface area is 262 Å². The maximum absolute atomic E-state index is 4.00. The van der Waals surface area contributed by atoms with E-state index in [1.54, 1.807) is 0 Å². The Kier molecular flexibility index (Phi) is 6.47. The number of benzene rings is 6. The van der Waals surface area contributed by atoms with E-state index in [0.29, 0.717) is 0 Å². The van der Waals surface area contributed by atoms with Crippen molar-refractivity contribution in [1.82, 2.24) is 0 Å². The summed E-state index contributed by atoms with van der Waals surface area (Å²) in [5, 5.41) is 2.62. The van der Waals surface area contributed by atoms with Crippen molar-refractivity contribution in [3.8, 4) is 11.1 Å². The van der Waals surface area contributed by atoms with Gasteiger partial charge in [0.25, 0.3) is 0 Å². The Balaban J connectivity index is 1.20. The Morgan fingerprint density at radius 2 is 1.18 bits per heavy atom. The predicted octanol–water partition coefficient (Wildman–Crippen LogP) is 11.7. The van der Waals surface area contributed by atoms with Crippen LogP contribution in [0, 0.1) is 0 Å². The van der Waals surface area contributed by atoms with Crippen LogP contribution in [0.1, 0.15) is 33.4 Å². The van der Waals surface area contributed by atoms with Crippen molar-refractivity contribution in [3.63, 3.8) is 0 Å². The maximum Gasteiger partial charge on any atom is 0.0713 e. The first-order valence-electron chi connectivity index (χ1n) is 15.1. The minimum Gasteiger partial charge on any atom is -0.135 e. The van der Waals surface area contributed by atoms with Gasteiger partial charge in [-0.25, -0.2) is 0 Å². The first kappa shape index (κ1) is 26.4. The lowest BCUT2D eigenvalue weighted by Gasteiger charge is -2.33. The highest BCUT2D eigenvalue weighted by Crippen LogP contribution is 2.55. The lowest BCUT2D eigenvalue weighted by atomic mass is 9.67.